The molecular formula is C28H30N2O3. The molecule has 33 heavy (non-hydrogen) atoms. The second-order valence-corrected chi connectivity index (χ2v) is 8.23. The summed E-state index contributed by atoms with van der Waals surface area (Å²) >= 11 is 0. The zero-order valence-corrected chi connectivity index (χ0v) is 18.9. The number of benzene rings is 3. The number of nitrogens with zero attached hydrogens (tertiary/aromatic N) is 1. The minimum atomic E-state index is -0.501. The molecule has 0 aromatic heterocycles. The van der Waals surface area contributed by atoms with Crippen molar-refractivity contribution in [3.63, 3.8) is 0 Å². The van der Waals surface area contributed by atoms with Crippen LogP contribution in [-0.4, -0.2) is 42.5 Å². The van der Waals surface area contributed by atoms with E-state index in [2.05, 4.69) is 53.8 Å². The number of hydrogen-bond acceptors (Lipinski definition) is 3. The Balaban J connectivity index is 1.40. The highest BCUT2D eigenvalue weighted by atomic mass is 16.5. The quantitative estimate of drug-likeness (QED) is 0.525. The van der Waals surface area contributed by atoms with E-state index in [-0.39, 0.29) is 17.7 Å². The Morgan fingerprint density at radius 2 is 1.58 bits per heavy atom. The molecule has 5 nitrogen and oxygen atoms in total. The lowest BCUT2D eigenvalue weighted by molar-refractivity contribution is -0.129. The van der Waals surface area contributed by atoms with Gasteiger partial charge in [0.2, 0.25) is 5.91 Å². The van der Waals surface area contributed by atoms with Crippen LogP contribution in [-0.2, 0) is 4.79 Å². The average Bonchev–Trinajstić information content (AvgIpc) is 3.20. The summed E-state index contributed by atoms with van der Waals surface area (Å²) in [7, 11) is 0. The number of para-hydroxylation sites is 1. The van der Waals surface area contributed by atoms with E-state index in [1.54, 1.807) is 18.2 Å². The zero-order chi connectivity index (χ0) is 23.0. The van der Waals surface area contributed by atoms with E-state index in [9.17, 15) is 9.59 Å². The van der Waals surface area contributed by atoms with Crippen molar-refractivity contribution in [1.82, 2.24) is 10.2 Å². The van der Waals surface area contributed by atoms with Gasteiger partial charge in [0.25, 0.3) is 5.91 Å². The first-order valence-electron chi connectivity index (χ1n) is 11.6. The van der Waals surface area contributed by atoms with Gasteiger partial charge in [-0.1, -0.05) is 72.8 Å². The van der Waals surface area contributed by atoms with Crippen molar-refractivity contribution in [3.8, 4) is 5.75 Å². The summed E-state index contributed by atoms with van der Waals surface area (Å²) in [6.45, 7) is 3.65. The van der Waals surface area contributed by atoms with Gasteiger partial charge < -0.3 is 15.0 Å². The Morgan fingerprint density at radius 3 is 2.21 bits per heavy atom. The molecule has 3 aromatic rings. The lowest BCUT2D eigenvalue weighted by Crippen LogP contribution is -2.42. The summed E-state index contributed by atoms with van der Waals surface area (Å²) in [5, 5.41) is 2.91. The van der Waals surface area contributed by atoms with Crippen molar-refractivity contribution in [3.05, 3.63) is 102 Å². The highest BCUT2D eigenvalue weighted by Gasteiger charge is 2.33. The maximum Gasteiger partial charge on any atom is 0.255 e. The lowest BCUT2D eigenvalue weighted by atomic mass is 9.88. The molecular weight excluding hydrogens is 412 g/mol. The molecule has 3 aromatic carbocycles. The van der Waals surface area contributed by atoms with Crippen molar-refractivity contribution in [1.29, 1.82) is 0 Å². The normalized spacial score (nSPS) is 15.6. The van der Waals surface area contributed by atoms with Crippen LogP contribution in [0.15, 0.2) is 84.9 Å². The molecule has 170 valence electrons. The van der Waals surface area contributed by atoms with Crippen LogP contribution in [0, 0.1) is 0 Å². The number of likely N-dealkylation sites (tertiary alicyclic amines) is 1. The van der Waals surface area contributed by atoms with Crippen LogP contribution in [0.25, 0.3) is 0 Å². The van der Waals surface area contributed by atoms with Crippen molar-refractivity contribution < 1.29 is 14.3 Å². The van der Waals surface area contributed by atoms with Crippen molar-refractivity contribution >= 4 is 11.8 Å². The van der Waals surface area contributed by atoms with Crippen LogP contribution in [0.3, 0.4) is 0 Å². The van der Waals surface area contributed by atoms with E-state index in [1.807, 2.05) is 30.0 Å². The van der Waals surface area contributed by atoms with E-state index < -0.39 is 6.04 Å². The lowest BCUT2D eigenvalue weighted by Gasteiger charge is -2.23. The van der Waals surface area contributed by atoms with Gasteiger partial charge in [-0.2, -0.15) is 0 Å². The van der Waals surface area contributed by atoms with Crippen LogP contribution in [0.5, 0.6) is 5.75 Å². The summed E-state index contributed by atoms with van der Waals surface area (Å²) in [5.74, 6) is 0.461. The Kier molecular flexibility index (Phi) is 7.40. The SMILES string of the molecule is CCOc1ccccc1C(=O)NC1CCN(CCC(c2ccccc2)c2ccccc2)C1=O. The summed E-state index contributed by atoms with van der Waals surface area (Å²) < 4.78 is 5.56. The largest absolute Gasteiger partial charge is 0.493 e. The molecule has 1 aliphatic heterocycles. The fraction of sp³-hybridized carbons (Fsp3) is 0.286. The first-order valence-corrected chi connectivity index (χ1v) is 11.6. The number of carbonyl (C=O) groups is 2. The van der Waals surface area contributed by atoms with Crippen molar-refractivity contribution in [2.24, 2.45) is 0 Å². The third-order valence-corrected chi connectivity index (χ3v) is 6.13. The van der Waals surface area contributed by atoms with Gasteiger partial charge in [-0.25, -0.2) is 0 Å². The van der Waals surface area contributed by atoms with E-state index >= 15 is 0 Å². The van der Waals surface area contributed by atoms with Crippen LogP contribution in [0.4, 0.5) is 0 Å². The molecule has 1 atom stereocenters. The number of amides is 2. The fourth-order valence-electron chi connectivity index (χ4n) is 4.45. The summed E-state index contributed by atoms with van der Waals surface area (Å²) in [6.07, 6.45) is 1.44. The number of hydrogen-bond donors (Lipinski definition) is 1. The average molecular weight is 443 g/mol. The molecule has 0 radical (unpaired) electrons. The van der Waals surface area contributed by atoms with Gasteiger partial charge in [-0.15, -0.1) is 0 Å². The molecule has 5 heteroatoms. The number of rotatable bonds is 9. The first kappa shape index (κ1) is 22.6. The minimum Gasteiger partial charge on any atom is -0.493 e. The maximum atomic E-state index is 13.0. The Morgan fingerprint density at radius 1 is 0.970 bits per heavy atom. The molecule has 0 aliphatic carbocycles. The molecule has 0 saturated carbocycles. The third kappa shape index (κ3) is 5.43. The number of ether oxygens (including phenoxy) is 1. The summed E-state index contributed by atoms with van der Waals surface area (Å²) in [4.78, 5) is 27.7. The van der Waals surface area contributed by atoms with Crippen LogP contribution in [0.1, 0.15) is 47.2 Å². The van der Waals surface area contributed by atoms with Gasteiger partial charge in [-0.3, -0.25) is 9.59 Å². The second kappa shape index (κ2) is 10.8. The molecule has 1 aliphatic rings. The Bertz CT molecular complexity index is 1030. The van der Waals surface area contributed by atoms with Gasteiger partial charge in [0, 0.05) is 19.0 Å². The summed E-state index contributed by atoms with van der Waals surface area (Å²) in [6, 6.07) is 27.4. The zero-order valence-electron chi connectivity index (χ0n) is 18.9. The molecule has 1 N–H and O–H groups in total. The molecule has 1 heterocycles. The molecule has 0 spiro atoms. The Labute approximate surface area is 195 Å². The number of carbonyl (C=O) groups excluding carboxylic acids is 2. The van der Waals surface area contributed by atoms with E-state index in [4.69, 9.17) is 4.74 Å². The van der Waals surface area contributed by atoms with Gasteiger partial charge in [-0.05, 0) is 43.0 Å². The number of nitrogens with one attached hydrogen (secondary N) is 1. The standard InChI is InChI=1S/C28H30N2O3/c1-2-33-26-16-10-9-15-24(26)27(31)29-25-18-20-30(28(25)32)19-17-23(21-11-5-3-6-12-21)22-13-7-4-8-14-22/h3-16,23,25H,2,17-20H2,1H3,(H,29,31). The highest BCUT2D eigenvalue weighted by molar-refractivity contribution is 6.00. The summed E-state index contributed by atoms with van der Waals surface area (Å²) in [5.41, 5.74) is 2.94. The van der Waals surface area contributed by atoms with Crippen molar-refractivity contribution in [2.75, 3.05) is 19.7 Å². The van der Waals surface area contributed by atoms with Crippen LogP contribution < -0.4 is 10.1 Å². The Hall–Kier alpha value is -3.60. The monoisotopic (exact) mass is 442 g/mol. The fourth-order valence-corrected chi connectivity index (χ4v) is 4.45. The van der Waals surface area contributed by atoms with E-state index in [1.165, 1.54) is 11.1 Å². The van der Waals surface area contributed by atoms with Gasteiger partial charge in [0.05, 0.1) is 12.2 Å². The van der Waals surface area contributed by atoms with E-state index in [0.29, 0.717) is 37.4 Å². The first-order chi connectivity index (χ1) is 16.2. The third-order valence-electron chi connectivity index (χ3n) is 6.13. The van der Waals surface area contributed by atoms with Crippen LogP contribution in [0.2, 0.25) is 0 Å². The predicted molar refractivity (Wildman–Crippen MR) is 129 cm³/mol. The second-order valence-electron chi connectivity index (χ2n) is 8.23. The highest BCUT2D eigenvalue weighted by Crippen LogP contribution is 2.29. The topological polar surface area (TPSA) is 58.6 Å². The van der Waals surface area contributed by atoms with Crippen LogP contribution >= 0.6 is 0 Å². The minimum absolute atomic E-state index is 0.0166. The molecule has 1 fully saturated rings. The molecule has 1 unspecified atom stereocenters. The van der Waals surface area contributed by atoms with Gasteiger partial charge >= 0.3 is 0 Å². The molecule has 1 saturated heterocycles. The smallest absolute Gasteiger partial charge is 0.255 e. The molecule has 0 bridgehead atoms. The predicted octanol–water partition coefficient (Wildman–Crippen LogP) is 4.64. The van der Waals surface area contributed by atoms with Gasteiger partial charge in [0.1, 0.15) is 11.8 Å². The maximum absolute atomic E-state index is 13.0. The molecule has 2 amide bonds. The van der Waals surface area contributed by atoms with Crippen molar-refractivity contribution in [2.45, 2.75) is 31.7 Å². The van der Waals surface area contributed by atoms with Gasteiger partial charge in [0.15, 0.2) is 0 Å². The molecule has 4 rings (SSSR count). The van der Waals surface area contributed by atoms with E-state index in [0.717, 1.165) is 6.42 Å².